The smallest absolute Gasteiger partial charge is 0.255 e. The first-order chi connectivity index (χ1) is 17.3. The summed E-state index contributed by atoms with van der Waals surface area (Å²) in [5, 5.41) is 5.92. The number of carbonyl (C=O) groups is 2. The van der Waals surface area contributed by atoms with E-state index in [9.17, 15) is 18.0 Å². The molecule has 7 nitrogen and oxygen atoms in total. The van der Waals surface area contributed by atoms with Gasteiger partial charge in [-0.2, -0.15) is 0 Å². The lowest BCUT2D eigenvalue weighted by molar-refractivity contribution is 0.0928. The second-order valence-electron chi connectivity index (χ2n) is 9.11. The zero-order valence-corrected chi connectivity index (χ0v) is 21.1. The molecule has 0 spiro atoms. The molecular weight excluding hydrogens is 474 g/mol. The molecule has 0 heterocycles. The van der Waals surface area contributed by atoms with Crippen molar-refractivity contribution < 1.29 is 18.0 Å². The summed E-state index contributed by atoms with van der Waals surface area (Å²) in [6.07, 6.45) is 6.53. The highest BCUT2D eigenvalue weighted by atomic mass is 32.2. The van der Waals surface area contributed by atoms with Gasteiger partial charge in [0.25, 0.3) is 11.8 Å². The van der Waals surface area contributed by atoms with E-state index in [-0.39, 0.29) is 24.4 Å². The number of anilines is 2. The van der Waals surface area contributed by atoms with Crippen molar-refractivity contribution in [3.63, 3.8) is 0 Å². The summed E-state index contributed by atoms with van der Waals surface area (Å²) in [5.41, 5.74) is 2.52. The number of benzene rings is 3. The van der Waals surface area contributed by atoms with Crippen LogP contribution in [0.1, 0.15) is 58.4 Å². The molecule has 3 aromatic rings. The summed E-state index contributed by atoms with van der Waals surface area (Å²) < 4.78 is 26.2. The maximum Gasteiger partial charge on any atom is 0.255 e. The molecule has 1 aliphatic carbocycles. The summed E-state index contributed by atoms with van der Waals surface area (Å²) in [5.74, 6) is -0.578. The fourth-order valence-corrected chi connectivity index (χ4v) is 5.31. The monoisotopic (exact) mass is 505 g/mol. The van der Waals surface area contributed by atoms with E-state index in [1.807, 2.05) is 30.3 Å². The topological polar surface area (TPSA) is 95.6 Å². The highest BCUT2D eigenvalue weighted by molar-refractivity contribution is 7.92. The molecule has 2 amide bonds. The minimum absolute atomic E-state index is 0.163. The van der Waals surface area contributed by atoms with Crippen LogP contribution in [0.5, 0.6) is 0 Å². The van der Waals surface area contributed by atoms with Gasteiger partial charge in [0.1, 0.15) is 0 Å². The van der Waals surface area contributed by atoms with Gasteiger partial charge in [0, 0.05) is 11.6 Å². The molecule has 0 radical (unpaired) electrons. The Kier molecular flexibility index (Phi) is 8.05. The standard InChI is InChI=1S/C28H31N3O4S/c1-36(34,35)31(20-21-10-4-2-5-11-21)24-18-16-22(17-19-24)27(32)30-26-15-9-8-14-25(26)28(33)29-23-12-6-3-7-13-23/h2,4-5,8-11,14-19,23H,3,6-7,12-13,20H2,1H3,(H,29,33)(H,30,32). The maximum atomic E-state index is 13.0. The molecule has 2 N–H and O–H groups in total. The Labute approximate surface area is 212 Å². The Bertz CT molecular complexity index is 1300. The second-order valence-corrected chi connectivity index (χ2v) is 11.0. The number of carbonyl (C=O) groups excluding carboxylic acids is 2. The van der Waals surface area contributed by atoms with Crippen LogP contribution in [0.15, 0.2) is 78.9 Å². The van der Waals surface area contributed by atoms with Crippen LogP contribution in [-0.2, 0) is 16.6 Å². The summed E-state index contributed by atoms with van der Waals surface area (Å²) in [6, 6.07) is 22.8. The number of hydrogen-bond donors (Lipinski definition) is 2. The minimum Gasteiger partial charge on any atom is -0.349 e. The van der Waals surface area contributed by atoms with Gasteiger partial charge in [0.2, 0.25) is 10.0 Å². The van der Waals surface area contributed by atoms with Gasteiger partial charge in [-0.15, -0.1) is 0 Å². The van der Waals surface area contributed by atoms with Crippen molar-refractivity contribution in [1.29, 1.82) is 0 Å². The first kappa shape index (κ1) is 25.4. The molecule has 3 aromatic carbocycles. The third kappa shape index (κ3) is 6.51. The van der Waals surface area contributed by atoms with E-state index in [1.54, 1.807) is 48.5 Å². The van der Waals surface area contributed by atoms with Gasteiger partial charge < -0.3 is 10.6 Å². The summed E-state index contributed by atoms with van der Waals surface area (Å²) in [6.45, 7) is 0.189. The Morgan fingerprint density at radius 1 is 0.833 bits per heavy atom. The molecule has 8 heteroatoms. The van der Waals surface area contributed by atoms with E-state index in [0.29, 0.717) is 22.5 Å². The van der Waals surface area contributed by atoms with Gasteiger partial charge in [-0.05, 0) is 54.8 Å². The molecule has 4 rings (SSSR count). The van der Waals surface area contributed by atoms with Crippen LogP contribution in [-0.4, -0.2) is 32.5 Å². The molecular formula is C28H31N3O4S. The highest BCUT2D eigenvalue weighted by Gasteiger charge is 2.21. The van der Waals surface area contributed by atoms with Crippen molar-refractivity contribution >= 4 is 33.2 Å². The third-order valence-corrected chi connectivity index (χ3v) is 7.49. The highest BCUT2D eigenvalue weighted by Crippen LogP contribution is 2.23. The van der Waals surface area contributed by atoms with Crippen molar-refractivity contribution in [3.8, 4) is 0 Å². The molecule has 0 atom stereocenters. The van der Waals surface area contributed by atoms with E-state index >= 15 is 0 Å². The Hall–Kier alpha value is -3.65. The second kappa shape index (κ2) is 11.4. The average molecular weight is 506 g/mol. The molecule has 36 heavy (non-hydrogen) atoms. The molecule has 0 aliphatic heterocycles. The fraction of sp³-hybridized carbons (Fsp3) is 0.286. The van der Waals surface area contributed by atoms with E-state index in [2.05, 4.69) is 10.6 Å². The molecule has 1 aliphatic rings. The lowest BCUT2D eigenvalue weighted by Gasteiger charge is -2.23. The molecule has 0 unspecified atom stereocenters. The Morgan fingerprint density at radius 2 is 1.47 bits per heavy atom. The molecule has 1 saturated carbocycles. The predicted octanol–water partition coefficient (Wildman–Crippen LogP) is 4.97. The Balaban J connectivity index is 1.48. The van der Waals surface area contributed by atoms with Crippen LogP contribution in [0.25, 0.3) is 0 Å². The number of nitrogens with zero attached hydrogens (tertiary/aromatic N) is 1. The van der Waals surface area contributed by atoms with E-state index in [0.717, 1.165) is 37.5 Å². The van der Waals surface area contributed by atoms with Crippen LogP contribution in [0.2, 0.25) is 0 Å². The summed E-state index contributed by atoms with van der Waals surface area (Å²) in [4.78, 5) is 25.9. The Morgan fingerprint density at radius 3 is 2.14 bits per heavy atom. The zero-order valence-electron chi connectivity index (χ0n) is 20.3. The maximum absolute atomic E-state index is 13.0. The number of rotatable bonds is 8. The summed E-state index contributed by atoms with van der Waals surface area (Å²) in [7, 11) is -3.54. The quantitative estimate of drug-likeness (QED) is 0.452. The molecule has 188 valence electrons. The first-order valence-corrected chi connectivity index (χ1v) is 14.0. The van der Waals surface area contributed by atoms with Gasteiger partial charge in [-0.1, -0.05) is 61.7 Å². The molecule has 0 aromatic heterocycles. The largest absolute Gasteiger partial charge is 0.349 e. The van der Waals surface area contributed by atoms with Crippen molar-refractivity contribution in [2.75, 3.05) is 15.9 Å². The van der Waals surface area contributed by atoms with Gasteiger partial charge in [0.05, 0.1) is 29.7 Å². The van der Waals surface area contributed by atoms with Crippen molar-refractivity contribution in [1.82, 2.24) is 5.32 Å². The van der Waals surface area contributed by atoms with Crippen LogP contribution in [0.3, 0.4) is 0 Å². The van der Waals surface area contributed by atoms with E-state index in [1.165, 1.54) is 10.7 Å². The molecule has 0 saturated heterocycles. The third-order valence-electron chi connectivity index (χ3n) is 6.35. The van der Waals surface area contributed by atoms with Crippen LogP contribution < -0.4 is 14.9 Å². The van der Waals surface area contributed by atoms with Crippen LogP contribution in [0.4, 0.5) is 11.4 Å². The van der Waals surface area contributed by atoms with Crippen molar-refractivity contribution in [3.05, 3.63) is 95.6 Å². The van der Waals surface area contributed by atoms with Crippen molar-refractivity contribution in [2.24, 2.45) is 0 Å². The van der Waals surface area contributed by atoms with Gasteiger partial charge in [-0.25, -0.2) is 8.42 Å². The van der Waals surface area contributed by atoms with E-state index < -0.39 is 10.0 Å². The first-order valence-electron chi connectivity index (χ1n) is 12.1. The van der Waals surface area contributed by atoms with Gasteiger partial charge in [-0.3, -0.25) is 13.9 Å². The molecule has 0 bridgehead atoms. The fourth-order valence-electron chi connectivity index (χ4n) is 4.42. The number of sulfonamides is 1. The number of nitrogens with one attached hydrogen (secondary N) is 2. The predicted molar refractivity (Wildman–Crippen MR) is 143 cm³/mol. The number of para-hydroxylation sites is 1. The normalized spacial score (nSPS) is 14.1. The lowest BCUT2D eigenvalue weighted by atomic mass is 9.95. The minimum atomic E-state index is -3.54. The van der Waals surface area contributed by atoms with Crippen LogP contribution in [0, 0.1) is 0 Å². The van der Waals surface area contributed by atoms with Crippen molar-refractivity contribution in [2.45, 2.75) is 44.7 Å². The van der Waals surface area contributed by atoms with E-state index in [4.69, 9.17) is 0 Å². The summed E-state index contributed by atoms with van der Waals surface area (Å²) >= 11 is 0. The SMILES string of the molecule is CS(=O)(=O)N(Cc1ccccc1)c1ccc(C(=O)Nc2ccccc2C(=O)NC2CCCCC2)cc1. The zero-order chi connectivity index (χ0) is 25.5. The number of hydrogen-bond acceptors (Lipinski definition) is 4. The lowest BCUT2D eigenvalue weighted by Crippen LogP contribution is -2.36. The number of amides is 2. The van der Waals surface area contributed by atoms with Crippen LogP contribution >= 0.6 is 0 Å². The average Bonchev–Trinajstić information content (AvgIpc) is 2.88. The van der Waals surface area contributed by atoms with Gasteiger partial charge in [0.15, 0.2) is 0 Å². The molecule has 1 fully saturated rings. The van der Waals surface area contributed by atoms with Gasteiger partial charge >= 0.3 is 0 Å².